The Kier molecular flexibility index (Phi) is 5.99. The van der Waals surface area contributed by atoms with Gasteiger partial charge in [0.05, 0.1) is 32.4 Å². The Bertz CT molecular complexity index is 905. The Labute approximate surface area is 174 Å². The maximum Gasteiger partial charge on any atom is 0.410 e. The van der Waals surface area contributed by atoms with E-state index in [-0.39, 0.29) is 36.0 Å². The van der Waals surface area contributed by atoms with Crippen molar-refractivity contribution < 1.29 is 28.2 Å². The predicted octanol–water partition coefficient (Wildman–Crippen LogP) is 3.83. The zero-order valence-electron chi connectivity index (χ0n) is 16.8. The van der Waals surface area contributed by atoms with E-state index >= 15 is 0 Å². The molecule has 2 heterocycles. The monoisotopic (exact) mass is 413 g/mol. The van der Waals surface area contributed by atoms with Crippen LogP contribution in [0.15, 0.2) is 48.5 Å². The maximum absolute atomic E-state index is 13.8. The normalized spacial score (nSPS) is 23.0. The fourth-order valence-corrected chi connectivity index (χ4v) is 4.28. The number of morpholine rings is 1. The van der Waals surface area contributed by atoms with Gasteiger partial charge in [0.1, 0.15) is 18.2 Å². The van der Waals surface area contributed by atoms with E-state index in [4.69, 9.17) is 14.2 Å². The van der Waals surface area contributed by atoms with E-state index < -0.39 is 11.9 Å². The lowest BCUT2D eigenvalue weighted by Gasteiger charge is -2.47. The van der Waals surface area contributed by atoms with E-state index in [0.29, 0.717) is 31.8 Å². The van der Waals surface area contributed by atoms with Gasteiger partial charge in [0.25, 0.3) is 0 Å². The molecule has 2 fully saturated rings. The highest BCUT2D eigenvalue weighted by atomic mass is 19.1. The first-order chi connectivity index (χ1) is 14.5. The number of Topliss-reactive ketones (excluding diaryl/α,β-unsaturated/α-hetero) is 1. The molecule has 4 rings (SSSR count). The summed E-state index contributed by atoms with van der Waals surface area (Å²) in [7, 11) is 1.43. The Morgan fingerprint density at radius 1 is 1.10 bits per heavy atom. The highest BCUT2D eigenvalue weighted by Gasteiger charge is 2.44. The summed E-state index contributed by atoms with van der Waals surface area (Å²) in [4.78, 5) is 27.5. The van der Waals surface area contributed by atoms with Gasteiger partial charge < -0.3 is 14.2 Å². The molecule has 2 aromatic carbocycles. The summed E-state index contributed by atoms with van der Waals surface area (Å²) < 4.78 is 30.1. The van der Waals surface area contributed by atoms with Gasteiger partial charge in [-0.1, -0.05) is 30.3 Å². The lowest BCUT2D eigenvalue weighted by Crippen LogP contribution is -2.59. The number of nitrogens with zero attached hydrogens (tertiary/aromatic N) is 1. The van der Waals surface area contributed by atoms with E-state index in [1.807, 2.05) is 30.3 Å². The molecule has 2 unspecified atom stereocenters. The number of carbonyl (C=O) groups is 2. The molecule has 0 saturated carbocycles. The zero-order valence-corrected chi connectivity index (χ0v) is 16.8. The summed E-state index contributed by atoms with van der Waals surface area (Å²) >= 11 is 0. The molecule has 1 amide bonds. The molecule has 2 aromatic rings. The number of benzene rings is 2. The van der Waals surface area contributed by atoms with Crippen LogP contribution in [0.4, 0.5) is 9.18 Å². The molecule has 0 N–H and O–H groups in total. The summed E-state index contributed by atoms with van der Waals surface area (Å²) in [6, 6.07) is 13.0. The first-order valence-corrected chi connectivity index (χ1v) is 10.0. The van der Waals surface area contributed by atoms with Crippen LogP contribution < -0.4 is 4.74 Å². The fraction of sp³-hybridized carbons (Fsp3) is 0.391. The number of hydrogen-bond acceptors (Lipinski definition) is 5. The third kappa shape index (κ3) is 4.31. The standard InChI is InChI=1S/C23H24FNO5/c1-28-21-10-16(7-18(24)11-21)22(26)17-8-19-13-29-14-20(9-17)25(19)23(27)30-12-15-5-3-2-4-6-15/h2-7,10-11,17,19-20H,8-9,12-14H2,1H3. The van der Waals surface area contributed by atoms with Crippen molar-refractivity contribution in [2.75, 3.05) is 20.3 Å². The fourth-order valence-electron chi connectivity index (χ4n) is 4.28. The third-order valence-corrected chi connectivity index (χ3v) is 5.70. The molecule has 0 spiro atoms. The quantitative estimate of drug-likeness (QED) is 0.697. The van der Waals surface area contributed by atoms with Crippen molar-refractivity contribution in [3.05, 3.63) is 65.5 Å². The van der Waals surface area contributed by atoms with Crippen molar-refractivity contribution in [3.63, 3.8) is 0 Å². The average molecular weight is 413 g/mol. The van der Waals surface area contributed by atoms with Crippen molar-refractivity contribution in [1.29, 1.82) is 0 Å². The minimum atomic E-state index is -0.511. The number of halogens is 1. The molecule has 0 aliphatic carbocycles. The smallest absolute Gasteiger partial charge is 0.410 e. The number of ether oxygens (including phenoxy) is 3. The summed E-state index contributed by atoms with van der Waals surface area (Å²) in [5.74, 6) is -0.650. The molecular formula is C23H24FNO5. The highest BCUT2D eigenvalue weighted by molar-refractivity contribution is 5.98. The summed E-state index contributed by atoms with van der Waals surface area (Å²) in [5.41, 5.74) is 1.20. The molecule has 6 nitrogen and oxygen atoms in total. The van der Waals surface area contributed by atoms with E-state index in [1.165, 1.54) is 19.2 Å². The van der Waals surface area contributed by atoms with Crippen LogP contribution in [0.1, 0.15) is 28.8 Å². The van der Waals surface area contributed by atoms with Gasteiger partial charge in [0.2, 0.25) is 0 Å². The van der Waals surface area contributed by atoms with Gasteiger partial charge >= 0.3 is 6.09 Å². The van der Waals surface area contributed by atoms with E-state index in [9.17, 15) is 14.0 Å². The first kappa shape index (κ1) is 20.3. The largest absolute Gasteiger partial charge is 0.497 e. The maximum atomic E-state index is 13.8. The Morgan fingerprint density at radius 3 is 2.47 bits per heavy atom. The van der Waals surface area contributed by atoms with E-state index in [2.05, 4.69) is 0 Å². The number of ketones is 1. The topological polar surface area (TPSA) is 65.1 Å². The summed E-state index contributed by atoms with van der Waals surface area (Å²) in [6.45, 7) is 0.905. The number of rotatable bonds is 5. The third-order valence-electron chi connectivity index (χ3n) is 5.70. The molecule has 2 saturated heterocycles. The molecule has 2 aliphatic rings. The molecule has 2 aliphatic heterocycles. The van der Waals surface area contributed by atoms with Gasteiger partial charge in [-0.2, -0.15) is 0 Å². The first-order valence-electron chi connectivity index (χ1n) is 10.0. The van der Waals surface area contributed by atoms with Crippen LogP contribution in [0, 0.1) is 11.7 Å². The lowest BCUT2D eigenvalue weighted by atomic mass is 9.81. The van der Waals surface area contributed by atoms with Crippen LogP contribution in [0.25, 0.3) is 0 Å². The van der Waals surface area contributed by atoms with Crippen molar-refractivity contribution in [3.8, 4) is 5.75 Å². The minimum Gasteiger partial charge on any atom is -0.497 e. The van der Waals surface area contributed by atoms with E-state index in [1.54, 1.807) is 11.0 Å². The van der Waals surface area contributed by atoms with Crippen molar-refractivity contribution in [2.24, 2.45) is 5.92 Å². The van der Waals surface area contributed by atoms with Crippen LogP contribution in [-0.4, -0.2) is 49.2 Å². The number of methoxy groups -OCH3 is 1. The Morgan fingerprint density at radius 2 is 1.80 bits per heavy atom. The van der Waals surface area contributed by atoms with Crippen LogP contribution in [0.5, 0.6) is 5.75 Å². The molecule has 158 valence electrons. The van der Waals surface area contributed by atoms with Crippen molar-refractivity contribution in [1.82, 2.24) is 4.90 Å². The SMILES string of the molecule is COc1cc(F)cc(C(=O)C2CC3COCC(C2)N3C(=O)OCc2ccccc2)c1. The molecular weight excluding hydrogens is 389 g/mol. The zero-order chi connectivity index (χ0) is 21.1. The molecule has 30 heavy (non-hydrogen) atoms. The van der Waals surface area contributed by atoms with E-state index in [0.717, 1.165) is 5.56 Å². The number of carbonyl (C=O) groups excluding carboxylic acids is 2. The van der Waals surface area contributed by atoms with Gasteiger partial charge in [-0.05, 0) is 30.5 Å². The molecule has 0 radical (unpaired) electrons. The second-order valence-corrected chi connectivity index (χ2v) is 7.70. The summed E-state index contributed by atoms with van der Waals surface area (Å²) in [5, 5.41) is 0. The number of amides is 1. The van der Waals surface area contributed by atoms with Crippen molar-refractivity contribution in [2.45, 2.75) is 31.5 Å². The van der Waals surface area contributed by atoms with Gasteiger partial charge in [-0.3, -0.25) is 9.69 Å². The number of fused-ring (bicyclic) bond motifs is 2. The van der Waals surface area contributed by atoms with Crippen LogP contribution in [-0.2, 0) is 16.1 Å². The van der Waals surface area contributed by atoms with Crippen LogP contribution in [0.3, 0.4) is 0 Å². The molecule has 0 aromatic heterocycles. The second kappa shape index (κ2) is 8.83. The lowest BCUT2D eigenvalue weighted by molar-refractivity contribution is -0.0755. The molecule has 2 bridgehead atoms. The Balaban J connectivity index is 1.45. The highest BCUT2D eigenvalue weighted by Crippen LogP contribution is 2.34. The van der Waals surface area contributed by atoms with Gasteiger partial charge in [0, 0.05) is 17.5 Å². The van der Waals surface area contributed by atoms with Gasteiger partial charge in [-0.25, -0.2) is 9.18 Å². The summed E-state index contributed by atoms with van der Waals surface area (Å²) in [6.07, 6.45) is 0.513. The number of piperidine rings is 1. The Hall–Kier alpha value is -2.93. The van der Waals surface area contributed by atoms with Crippen molar-refractivity contribution >= 4 is 11.9 Å². The molecule has 7 heteroatoms. The number of hydrogen-bond donors (Lipinski definition) is 0. The second-order valence-electron chi connectivity index (χ2n) is 7.70. The predicted molar refractivity (Wildman–Crippen MR) is 107 cm³/mol. The average Bonchev–Trinajstić information content (AvgIpc) is 2.76. The molecule has 2 atom stereocenters. The van der Waals surface area contributed by atoms with Gasteiger partial charge in [-0.15, -0.1) is 0 Å². The van der Waals surface area contributed by atoms with Gasteiger partial charge in [0.15, 0.2) is 5.78 Å². The minimum absolute atomic E-state index is 0.137. The van der Waals surface area contributed by atoms with Crippen LogP contribution in [0.2, 0.25) is 0 Å². The van der Waals surface area contributed by atoms with Crippen LogP contribution >= 0.6 is 0 Å².